The van der Waals surface area contributed by atoms with Crippen molar-refractivity contribution in [3.63, 3.8) is 0 Å². The number of aliphatic hydroxyl groups is 1. The summed E-state index contributed by atoms with van der Waals surface area (Å²) >= 11 is 0. The molecule has 2 rings (SSSR count). The summed E-state index contributed by atoms with van der Waals surface area (Å²) in [7, 11) is 3.30. The van der Waals surface area contributed by atoms with Gasteiger partial charge in [0.2, 0.25) is 0 Å². The largest absolute Gasteiger partial charge is 0.506 e. The third-order valence-electron chi connectivity index (χ3n) is 3.87. The fourth-order valence-electron chi connectivity index (χ4n) is 2.36. The Labute approximate surface area is 156 Å². The summed E-state index contributed by atoms with van der Waals surface area (Å²) in [6.45, 7) is 0. The van der Waals surface area contributed by atoms with E-state index in [9.17, 15) is 14.7 Å². The molecule has 0 saturated heterocycles. The molecule has 1 amide bonds. The van der Waals surface area contributed by atoms with E-state index < -0.39 is 5.76 Å². The van der Waals surface area contributed by atoms with E-state index in [1.54, 1.807) is 38.4 Å². The van der Waals surface area contributed by atoms with Crippen LogP contribution in [0.4, 0.5) is 5.69 Å². The molecule has 0 radical (unpaired) electrons. The van der Waals surface area contributed by atoms with Crippen molar-refractivity contribution >= 4 is 29.3 Å². The zero-order valence-electron chi connectivity index (χ0n) is 15.0. The van der Waals surface area contributed by atoms with Gasteiger partial charge in [-0.15, -0.1) is 0 Å². The Balaban J connectivity index is 2.22. The summed E-state index contributed by atoms with van der Waals surface area (Å²) in [5.74, 6) is -0.582. The summed E-state index contributed by atoms with van der Waals surface area (Å²) < 4.78 is 0. The van der Waals surface area contributed by atoms with Gasteiger partial charge in [0.15, 0.2) is 0 Å². The van der Waals surface area contributed by atoms with E-state index in [-0.39, 0.29) is 28.6 Å². The van der Waals surface area contributed by atoms with Gasteiger partial charge < -0.3 is 21.1 Å². The van der Waals surface area contributed by atoms with E-state index in [1.165, 1.54) is 23.1 Å². The number of nitrogen functional groups attached to an aromatic ring is 1. The lowest BCUT2D eigenvalue weighted by molar-refractivity contribution is 0.0827. The maximum atomic E-state index is 11.9. The standard InChI is InChI=1S/C20H20N4O3/c1-24(2)20(27)14-6-4-13(5-7-14)16(21)10-18(26)19(23)15-8-3-12(11-25)9-17(15)22/h3-11,21,23,26H,22H2,1-2H3/b18-10-,21-16?,23-19?. The Hall–Kier alpha value is -3.74. The van der Waals surface area contributed by atoms with Crippen molar-refractivity contribution in [2.45, 2.75) is 0 Å². The highest BCUT2D eigenvalue weighted by Crippen LogP contribution is 2.17. The number of aldehydes is 1. The number of benzene rings is 2. The van der Waals surface area contributed by atoms with Crippen LogP contribution in [0.25, 0.3) is 0 Å². The van der Waals surface area contributed by atoms with Gasteiger partial charge in [0.05, 0.1) is 5.71 Å². The van der Waals surface area contributed by atoms with E-state index in [1.807, 2.05) is 0 Å². The van der Waals surface area contributed by atoms with Gasteiger partial charge in [-0.25, -0.2) is 0 Å². The monoisotopic (exact) mass is 364 g/mol. The second-order valence-corrected chi connectivity index (χ2v) is 6.06. The molecule has 2 aromatic carbocycles. The normalized spacial score (nSPS) is 11.0. The van der Waals surface area contributed by atoms with Gasteiger partial charge in [-0.3, -0.25) is 15.0 Å². The van der Waals surface area contributed by atoms with Crippen molar-refractivity contribution in [3.8, 4) is 0 Å². The number of amides is 1. The lowest BCUT2D eigenvalue weighted by atomic mass is 10.0. The second-order valence-electron chi connectivity index (χ2n) is 6.06. The van der Waals surface area contributed by atoms with Crippen LogP contribution >= 0.6 is 0 Å². The summed E-state index contributed by atoms with van der Waals surface area (Å²) in [6.07, 6.45) is 1.78. The Morgan fingerprint density at radius 2 is 1.67 bits per heavy atom. The molecule has 0 aliphatic rings. The van der Waals surface area contributed by atoms with Crippen LogP contribution < -0.4 is 5.73 Å². The molecule has 27 heavy (non-hydrogen) atoms. The van der Waals surface area contributed by atoms with Gasteiger partial charge in [-0.1, -0.05) is 18.2 Å². The zero-order chi connectivity index (χ0) is 20.1. The minimum atomic E-state index is -0.431. The molecule has 0 heterocycles. The van der Waals surface area contributed by atoms with Gasteiger partial charge in [0.25, 0.3) is 5.91 Å². The molecule has 0 saturated carbocycles. The highest BCUT2D eigenvalue weighted by Gasteiger charge is 2.13. The quantitative estimate of drug-likeness (QED) is 0.271. The highest BCUT2D eigenvalue weighted by atomic mass is 16.3. The first-order valence-electron chi connectivity index (χ1n) is 8.00. The maximum absolute atomic E-state index is 11.9. The number of nitrogens with two attached hydrogens (primary N) is 1. The molecule has 0 bridgehead atoms. The number of allylic oxidation sites excluding steroid dienone is 2. The van der Waals surface area contributed by atoms with Crippen LogP contribution in [-0.2, 0) is 0 Å². The average Bonchev–Trinajstić information content (AvgIpc) is 2.66. The molecular formula is C20H20N4O3. The van der Waals surface area contributed by atoms with Crippen LogP contribution in [-0.4, -0.2) is 47.7 Å². The smallest absolute Gasteiger partial charge is 0.253 e. The first-order chi connectivity index (χ1) is 12.7. The molecule has 0 atom stereocenters. The molecule has 5 N–H and O–H groups in total. The molecule has 7 nitrogen and oxygen atoms in total. The molecule has 0 spiro atoms. The van der Waals surface area contributed by atoms with Crippen LogP contribution in [0.3, 0.4) is 0 Å². The van der Waals surface area contributed by atoms with Crippen LogP contribution in [0.2, 0.25) is 0 Å². The van der Waals surface area contributed by atoms with Crippen molar-refractivity contribution < 1.29 is 14.7 Å². The molecule has 0 unspecified atom stereocenters. The fourth-order valence-corrected chi connectivity index (χ4v) is 2.36. The number of hydrogen-bond donors (Lipinski definition) is 4. The molecule has 0 fully saturated rings. The number of rotatable bonds is 6. The lowest BCUT2D eigenvalue weighted by Crippen LogP contribution is -2.21. The molecule has 7 heteroatoms. The third-order valence-corrected chi connectivity index (χ3v) is 3.87. The first-order valence-corrected chi connectivity index (χ1v) is 8.00. The van der Waals surface area contributed by atoms with Crippen molar-refractivity contribution in [1.82, 2.24) is 4.90 Å². The van der Waals surface area contributed by atoms with Crippen LogP contribution in [0.1, 0.15) is 31.8 Å². The average molecular weight is 364 g/mol. The van der Waals surface area contributed by atoms with Gasteiger partial charge in [-0.05, 0) is 29.8 Å². The van der Waals surface area contributed by atoms with Crippen LogP contribution in [0, 0.1) is 10.8 Å². The number of nitrogens with one attached hydrogen (secondary N) is 2. The Morgan fingerprint density at radius 3 is 2.19 bits per heavy atom. The fraction of sp³-hybridized carbons (Fsp3) is 0.100. The summed E-state index contributed by atoms with van der Waals surface area (Å²) in [6, 6.07) is 10.8. The Kier molecular flexibility index (Phi) is 5.87. The number of anilines is 1. The predicted octanol–water partition coefficient (Wildman–Crippen LogP) is 2.66. The van der Waals surface area contributed by atoms with Gasteiger partial charge in [0.1, 0.15) is 17.8 Å². The number of hydrogen-bond acceptors (Lipinski definition) is 6. The predicted molar refractivity (Wildman–Crippen MR) is 105 cm³/mol. The van der Waals surface area contributed by atoms with E-state index in [0.717, 1.165) is 6.08 Å². The van der Waals surface area contributed by atoms with Crippen molar-refractivity contribution in [2.24, 2.45) is 0 Å². The van der Waals surface area contributed by atoms with E-state index in [2.05, 4.69) is 0 Å². The second kappa shape index (κ2) is 8.09. The SMILES string of the molecule is CN(C)C(=O)c1ccc(C(=N)/C=C(\O)C(=N)c2ccc(C=O)cc2N)cc1. The number of carbonyl (C=O) groups excluding carboxylic acids is 2. The molecule has 2 aromatic rings. The topological polar surface area (TPSA) is 131 Å². The highest BCUT2D eigenvalue weighted by molar-refractivity contribution is 6.17. The summed E-state index contributed by atoms with van der Waals surface area (Å²) in [4.78, 5) is 24.1. The van der Waals surface area contributed by atoms with Gasteiger partial charge in [-0.2, -0.15) is 0 Å². The van der Waals surface area contributed by atoms with E-state index in [4.69, 9.17) is 16.6 Å². The molecule has 0 aliphatic carbocycles. The molecule has 138 valence electrons. The number of nitrogens with zero attached hydrogens (tertiary/aromatic N) is 1. The summed E-state index contributed by atoms with van der Waals surface area (Å²) in [5.41, 5.74) is 7.32. The van der Waals surface area contributed by atoms with Crippen molar-refractivity contribution in [3.05, 3.63) is 76.6 Å². The number of aliphatic hydroxyl groups excluding tert-OH is 1. The first kappa shape index (κ1) is 19.6. The van der Waals surface area contributed by atoms with Gasteiger partial charge in [0, 0.05) is 42.5 Å². The summed E-state index contributed by atoms with van der Waals surface area (Å²) in [5, 5.41) is 26.3. The number of carbonyl (C=O) groups is 2. The van der Waals surface area contributed by atoms with Crippen molar-refractivity contribution in [2.75, 3.05) is 19.8 Å². The minimum absolute atomic E-state index is 0.0239. The molecular weight excluding hydrogens is 344 g/mol. The van der Waals surface area contributed by atoms with Crippen LogP contribution in [0.5, 0.6) is 0 Å². The molecule has 0 aromatic heterocycles. The van der Waals surface area contributed by atoms with Crippen molar-refractivity contribution in [1.29, 1.82) is 10.8 Å². The zero-order valence-corrected chi connectivity index (χ0v) is 15.0. The minimum Gasteiger partial charge on any atom is -0.506 e. The maximum Gasteiger partial charge on any atom is 0.253 e. The lowest BCUT2D eigenvalue weighted by Gasteiger charge is -2.10. The molecule has 0 aliphatic heterocycles. The Morgan fingerprint density at radius 1 is 1.07 bits per heavy atom. The van der Waals surface area contributed by atoms with E-state index in [0.29, 0.717) is 23.0 Å². The van der Waals surface area contributed by atoms with E-state index >= 15 is 0 Å². The Bertz CT molecular complexity index is 944. The third kappa shape index (κ3) is 4.46. The van der Waals surface area contributed by atoms with Crippen LogP contribution in [0.15, 0.2) is 54.3 Å². The van der Waals surface area contributed by atoms with Gasteiger partial charge >= 0.3 is 0 Å².